The number of fused-ring (bicyclic) bond motifs is 2. The summed E-state index contributed by atoms with van der Waals surface area (Å²) < 4.78 is 40.6. The molecule has 2 aliphatic rings. The van der Waals surface area contributed by atoms with Gasteiger partial charge in [0.05, 0.1) is 4.88 Å². The Balaban J connectivity index is 1.26. The Kier molecular flexibility index (Phi) is 9.30. The Morgan fingerprint density at radius 2 is 1.67 bits per heavy atom. The number of carbonyl (C=O) groups is 3. The van der Waals surface area contributed by atoms with Gasteiger partial charge in [-0.2, -0.15) is 8.78 Å². The van der Waals surface area contributed by atoms with Crippen molar-refractivity contribution in [3.63, 3.8) is 0 Å². The molecule has 4 aromatic rings. The van der Waals surface area contributed by atoms with E-state index in [1.165, 1.54) is 17.7 Å². The second-order valence-corrected chi connectivity index (χ2v) is 16.6. The monoisotopic (exact) mass is 709 g/mol. The highest BCUT2D eigenvalue weighted by Crippen LogP contribution is 2.59. The Labute approximate surface area is 287 Å². The molecule has 0 radical (unpaired) electrons. The molecule has 1 fully saturated rings. The smallest absolute Gasteiger partial charge is 0.340 e. The van der Waals surface area contributed by atoms with E-state index in [1.54, 1.807) is 4.90 Å². The van der Waals surface area contributed by atoms with Crippen molar-refractivity contribution >= 4 is 46.7 Å². The molecule has 3 N–H and O–H groups in total. The molecule has 9 nitrogen and oxygen atoms in total. The Morgan fingerprint density at radius 1 is 0.980 bits per heavy atom. The largest absolute Gasteiger partial charge is 0.399 e. The van der Waals surface area contributed by atoms with Crippen molar-refractivity contribution in [3.05, 3.63) is 106 Å². The summed E-state index contributed by atoms with van der Waals surface area (Å²) in [5.74, 6) is -1.01. The van der Waals surface area contributed by atoms with Crippen molar-refractivity contribution in [2.45, 2.75) is 63.8 Å². The summed E-state index contributed by atoms with van der Waals surface area (Å²) in [6.07, 6.45) is 1.79. The quantitative estimate of drug-likeness (QED) is 0.182. The van der Waals surface area contributed by atoms with E-state index in [1.807, 2.05) is 68.1 Å². The average molecular weight is 710 g/mol. The van der Waals surface area contributed by atoms with Crippen LogP contribution in [-0.2, 0) is 26.4 Å². The van der Waals surface area contributed by atoms with Gasteiger partial charge in [0.15, 0.2) is 0 Å². The predicted octanol–water partition coefficient (Wildman–Crippen LogP) is 6.76. The fraction of sp³-hybridized carbons (Fsp3) is 0.361. The molecule has 2 aliphatic heterocycles. The van der Waals surface area contributed by atoms with E-state index in [0.29, 0.717) is 17.8 Å². The van der Waals surface area contributed by atoms with E-state index in [4.69, 9.17) is 9.79 Å². The molecule has 1 unspecified atom stereocenters. The van der Waals surface area contributed by atoms with E-state index < -0.39 is 48.1 Å². The molecule has 0 bridgehead atoms. The van der Waals surface area contributed by atoms with Crippen molar-refractivity contribution in [1.82, 2.24) is 15.1 Å². The van der Waals surface area contributed by atoms with Crippen LogP contribution in [0.25, 0.3) is 10.1 Å². The van der Waals surface area contributed by atoms with Gasteiger partial charge in [0.25, 0.3) is 5.91 Å². The van der Waals surface area contributed by atoms with E-state index in [-0.39, 0.29) is 28.6 Å². The topological polar surface area (TPSA) is 127 Å². The molecule has 0 saturated carbocycles. The highest BCUT2D eigenvalue weighted by atomic mass is 32.1. The lowest BCUT2D eigenvalue weighted by Crippen LogP contribution is -2.56. The van der Waals surface area contributed by atoms with Crippen LogP contribution in [0.2, 0.25) is 0 Å². The maximum atomic E-state index is 14.5. The number of thiophene rings is 1. The third-order valence-corrected chi connectivity index (χ3v) is 11.5. The number of hydrogen-bond acceptors (Lipinski definition) is 5. The molecule has 3 heterocycles. The minimum absolute atomic E-state index is 0.131. The van der Waals surface area contributed by atoms with Crippen molar-refractivity contribution in [3.8, 4) is 0 Å². The number of amides is 3. The van der Waals surface area contributed by atoms with Crippen molar-refractivity contribution in [1.29, 1.82) is 0 Å². The first-order valence-electron chi connectivity index (χ1n) is 16.1. The lowest BCUT2D eigenvalue weighted by Gasteiger charge is -2.39. The number of benzene rings is 3. The van der Waals surface area contributed by atoms with Gasteiger partial charge in [0.2, 0.25) is 11.8 Å². The van der Waals surface area contributed by atoms with Crippen LogP contribution in [0.3, 0.4) is 0 Å². The van der Waals surface area contributed by atoms with Gasteiger partial charge in [-0.05, 0) is 58.5 Å². The molecule has 0 aliphatic carbocycles. The number of likely N-dealkylation sites (tertiary alicyclic amines) is 1. The number of nitrogens with zero attached hydrogens (tertiary/aromatic N) is 2. The van der Waals surface area contributed by atoms with Crippen LogP contribution < -0.4 is 5.32 Å². The first-order chi connectivity index (χ1) is 23.1. The minimum atomic E-state index is -5.78. The fourth-order valence-electron chi connectivity index (χ4n) is 6.73. The zero-order valence-corrected chi connectivity index (χ0v) is 29.0. The van der Waals surface area contributed by atoms with Crippen LogP contribution in [-0.4, -0.2) is 56.4 Å². The number of nitrogens with one attached hydrogen (secondary N) is 1. The standard InChI is InChI=1S/C36H38F2N3O6PS/c1-35(2,3)31(39-32(42)29-19-25-18-26(15-16-28(25)49-29)36(37,38)48(45,46)47)34(44)41-21-24-12-7-8-14-27(24)30(41)33(43)40-17-9-13-23(20-40)22-10-5-4-6-11-22/h4-8,10-12,14-16,18-19,23,30-31H,9,13,17,20-21H2,1-3H3,(H,39,42)(H2,45,46,47)/t23-,30-,31?/m0/s1. The fourth-order valence-corrected chi connectivity index (χ4v) is 8.16. The first-order valence-corrected chi connectivity index (χ1v) is 18.5. The highest BCUT2D eigenvalue weighted by Gasteiger charge is 2.50. The maximum Gasteiger partial charge on any atom is 0.399 e. The first kappa shape index (κ1) is 34.9. The van der Waals surface area contributed by atoms with Crippen LogP contribution in [0.5, 0.6) is 0 Å². The van der Waals surface area contributed by atoms with Gasteiger partial charge in [-0.15, -0.1) is 11.3 Å². The number of carbonyl (C=O) groups excluding carboxylic acids is 3. The molecule has 3 amide bonds. The zero-order valence-electron chi connectivity index (χ0n) is 27.3. The SMILES string of the molecule is CC(C)(C)C(NC(=O)c1cc2cc(C(F)(F)P(=O)(O)O)ccc2s1)C(=O)N1Cc2ccccc2[C@H]1C(=O)N1CCC[C@H](c2ccccc2)C1. The average Bonchev–Trinajstić information content (AvgIpc) is 3.68. The molecule has 13 heteroatoms. The number of hydrogen-bond donors (Lipinski definition) is 3. The summed E-state index contributed by atoms with van der Waals surface area (Å²) >= 11 is 1.00. The Bertz CT molecular complexity index is 1960. The van der Waals surface area contributed by atoms with Gasteiger partial charge in [-0.3, -0.25) is 18.9 Å². The van der Waals surface area contributed by atoms with Crippen LogP contribution in [0, 0.1) is 5.41 Å². The van der Waals surface area contributed by atoms with Gasteiger partial charge in [0.1, 0.15) is 12.1 Å². The summed E-state index contributed by atoms with van der Waals surface area (Å²) in [5.41, 5.74) is -3.26. The van der Waals surface area contributed by atoms with Crippen molar-refractivity contribution in [2.24, 2.45) is 5.41 Å². The van der Waals surface area contributed by atoms with Gasteiger partial charge in [0, 0.05) is 35.8 Å². The lowest BCUT2D eigenvalue weighted by molar-refractivity contribution is -0.149. The van der Waals surface area contributed by atoms with Crippen molar-refractivity contribution in [2.75, 3.05) is 13.1 Å². The molecule has 1 aromatic heterocycles. The summed E-state index contributed by atoms with van der Waals surface area (Å²) in [6.45, 7) is 6.75. The number of alkyl halides is 2. The molecular weight excluding hydrogens is 671 g/mol. The van der Waals surface area contributed by atoms with Crippen molar-refractivity contribution < 1.29 is 37.5 Å². The van der Waals surface area contributed by atoms with Gasteiger partial charge in [-0.1, -0.05) is 81.4 Å². The number of rotatable bonds is 7. The zero-order chi connectivity index (χ0) is 35.3. The van der Waals surface area contributed by atoms with Gasteiger partial charge >= 0.3 is 13.3 Å². The molecule has 49 heavy (non-hydrogen) atoms. The van der Waals surface area contributed by atoms with E-state index in [9.17, 15) is 27.7 Å². The normalized spacial score (nSPS) is 19.1. The highest BCUT2D eigenvalue weighted by molar-refractivity contribution is 7.52. The number of piperidine rings is 1. The molecular formula is C36H38F2N3O6PS. The molecule has 258 valence electrons. The predicted molar refractivity (Wildman–Crippen MR) is 183 cm³/mol. The summed E-state index contributed by atoms with van der Waals surface area (Å²) in [5, 5.41) is 3.06. The summed E-state index contributed by atoms with van der Waals surface area (Å²) in [7, 11) is -5.78. The molecule has 1 saturated heterocycles. The number of halogens is 2. The van der Waals surface area contributed by atoms with E-state index in [0.717, 1.165) is 47.4 Å². The lowest BCUT2D eigenvalue weighted by atomic mass is 9.85. The minimum Gasteiger partial charge on any atom is -0.340 e. The summed E-state index contributed by atoms with van der Waals surface area (Å²) in [6, 6.07) is 20.2. The third-order valence-electron chi connectivity index (χ3n) is 9.36. The van der Waals surface area contributed by atoms with Crippen LogP contribution >= 0.6 is 18.9 Å². The molecule has 3 atom stereocenters. The van der Waals surface area contributed by atoms with Crippen LogP contribution in [0.1, 0.15) is 77.5 Å². The van der Waals surface area contributed by atoms with Crippen LogP contribution in [0.4, 0.5) is 8.78 Å². The Morgan fingerprint density at radius 3 is 2.37 bits per heavy atom. The summed E-state index contributed by atoms with van der Waals surface area (Å²) in [4.78, 5) is 64.4. The van der Waals surface area contributed by atoms with Gasteiger partial charge < -0.3 is 24.9 Å². The van der Waals surface area contributed by atoms with E-state index >= 15 is 0 Å². The maximum absolute atomic E-state index is 14.5. The molecule has 3 aromatic carbocycles. The second kappa shape index (κ2) is 13.1. The second-order valence-electron chi connectivity index (χ2n) is 13.8. The Hall–Kier alpha value is -3.96. The van der Waals surface area contributed by atoms with Gasteiger partial charge in [-0.25, -0.2) is 0 Å². The van der Waals surface area contributed by atoms with Crippen LogP contribution in [0.15, 0.2) is 78.9 Å². The molecule has 6 rings (SSSR count). The third kappa shape index (κ3) is 6.79. The molecule has 0 spiro atoms. The van der Waals surface area contributed by atoms with E-state index in [2.05, 4.69) is 17.4 Å².